The Kier molecular flexibility index (Phi) is 4.39. The number of pyridine rings is 1. The van der Waals surface area contributed by atoms with E-state index in [0.717, 1.165) is 33.8 Å². The summed E-state index contributed by atoms with van der Waals surface area (Å²) in [6.45, 7) is 3.20. The van der Waals surface area contributed by atoms with Crippen LogP contribution in [0.25, 0.3) is 0 Å². The maximum absolute atomic E-state index is 12.6. The normalized spacial score (nSPS) is 14.7. The highest BCUT2D eigenvalue weighted by Gasteiger charge is 2.28. The van der Waals surface area contributed by atoms with Crippen molar-refractivity contribution in [2.75, 3.05) is 24.7 Å². The number of carbonyl (C=O) groups excluding carboxylic acids is 2. The minimum absolute atomic E-state index is 0.00559. The van der Waals surface area contributed by atoms with Gasteiger partial charge in [0, 0.05) is 45.1 Å². The molecule has 2 aliphatic heterocycles. The van der Waals surface area contributed by atoms with Crippen LogP contribution in [0.5, 0.6) is 0 Å². The molecule has 0 unspecified atom stereocenters. The van der Waals surface area contributed by atoms with Gasteiger partial charge in [-0.3, -0.25) is 9.59 Å². The zero-order valence-corrected chi connectivity index (χ0v) is 17.7. The molecule has 2 aliphatic rings. The highest BCUT2D eigenvalue weighted by molar-refractivity contribution is 6.05. The molecule has 156 valence electrons. The third kappa shape index (κ3) is 3.18. The summed E-state index contributed by atoms with van der Waals surface area (Å²) < 4.78 is 0. The van der Waals surface area contributed by atoms with Gasteiger partial charge >= 0.3 is 0 Å². The second-order valence-electron chi connectivity index (χ2n) is 8.14. The molecule has 2 N–H and O–H groups in total. The van der Waals surface area contributed by atoms with Crippen molar-refractivity contribution in [3.8, 4) is 0 Å². The van der Waals surface area contributed by atoms with Crippen LogP contribution in [0.15, 0.2) is 48.7 Å². The summed E-state index contributed by atoms with van der Waals surface area (Å²) in [4.78, 5) is 33.1. The summed E-state index contributed by atoms with van der Waals surface area (Å²) in [7, 11) is 3.61. The van der Waals surface area contributed by atoms with Crippen LogP contribution in [0.3, 0.4) is 0 Å². The van der Waals surface area contributed by atoms with E-state index in [-0.39, 0.29) is 11.8 Å². The third-order valence-corrected chi connectivity index (χ3v) is 5.87. The van der Waals surface area contributed by atoms with Gasteiger partial charge in [-0.05, 0) is 35.7 Å². The van der Waals surface area contributed by atoms with Crippen molar-refractivity contribution < 1.29 is 9.59 Å². The molecule has 0 spiro atoms. The summed E-state index contributed by atoms with van der Waals surface area (Å²) in [5, 5.41) is 6.72. The minimum atomic E-state index is 0.00559. The van der Waals surface area contributed by atoms with E-state index < -0.39 is 0 Å². The van der Waals surface area contributed by atoms with Crippen molar-refractivity contribution in [2.45, 2.75) is 20.0 Å². The molecule has 0 radical (unpaired) electrons. The van der Waals surface area contributed by atoms with Gasteiger partial charge in [-0.25, -0.2) is 4.98 Å². The molecule has 2 amide bonds. The lowest BCUT2D eigenvalue weighted by Gasteiger charge is -2.15. The van der Waals surface area contributed by atoms with Crippen LogP contribution in [0, 0.1) is 6.92 Å². The van der Waals surface area contributed by atoms with Gasteiger partial charge in [0.2, 0.25) is 0 Å². The number of hydrogen-bond acceptors (Lipinski definition) is 5. The quantitative estimate of drug-likeness (QED) is 0.675. The fourth-order valence-electron chi connectivity index (χ4n) is 4.22. The molecule has 0 saturated heterocycles. The Balaban J connectivity index is 1.47. The lowest BCUT2D eigenvalue weighted by Crippen LogP contribution is -2.18. The molecule has 7 heteroatoms. The van der Waals surface area contributed by atoms with E-state index in [0.29, 0.717) is 30.0 Å². The molecule has 3 aromatic rings. The Morgan fingerprint density at radius 2 is 1.35 bits per heavy atom. The SMILES string of the molecule is Cc1cnc(Nc2cccc3c2C(=O)N(C)C3)cc1Nc1cccc2c1C(=O)N(C)C2. The number of nitrogens with zero attached hydrogens (tertiary/aromatic N) is 3. The van der Waals surface area contributed by atoms with Crippen LogP contribution < -0.4 is 10.6 Å². The molecular formula is C24H23N5O2. The van der Waals surface area contributed by atoms with E-state index >= 15 is 0 Å². The van der Waals surface area contributed by atoms with Crippen LogP contribution in [-0.2, 0) is 13.1 Å². The third-order valence-electron chi connectivity index (χ3n) is 5.87. The van der Waals surface area contributed by atoms with Crippen molar-refractivity contribution in [2.24, 2.45) is 0 Å². The first-order chi connectivity index (χ1) is 14.9. The number of anilines is 4. The number of rotatable bonds is 4. The van der Waals surface area contributed by atoms with E-state index in [1.807, 2.05) is 56.4 Å². The maximum atomic E-state index is 12.6. The summed E-state index contributed by atoms with van der Waals surface area (Å²) in [5.74, 6) is 0.650. The molecular weight excluding hydrogens is 390 g/mol. The maximum Gasteiger partial charge on any atom is 0.256 e. The van der Waals surface area contributed by atoms with Crippen LogP contribution in [-0.4, -0.2) is 40.7 Å². The van der Waals surface area contributed by atoms with E-state index in [4.69, 9.17) is 0 Å². The highest BCUT2D eigenvalue weighted by Crippen LogP contribution is 2.33. The van der Waals surface area contributed by atoms with Crippen molar-refractivity contribution in [3.05, 3.63) is 76.5 Å². The van der Waals surface area contributed by atoms with Gasteiger partial charge in [0.05, 0.1) is 22.5 Å². The predicted molar refractivity (Wildman–Crippen MR) is 120 cm³/mol. The number of nitrogens with one attached hydrogen (secondary N) is 2. The summed E-state index contributed by atoms with van der Waals surface area (Å²) in [5.41, 5.74) is 6.76. The summed E-state index contributed by atoms with van der Waals surface area (Å²) in [6.07, 6.45) is 1.78. The first kappa shape index (κ1) is 19.1. The molecule has 5 rings (SSSR count). The van der Waals surface area contributed by atoms with Crippen molar-refractivity contribution in [1.29, 1.82) is 0 Å². The van der Waals surface area contributed by atoms with Gasteiger partial charge in [0.1, 0.15) is 5.82 Å². The lowest BCUT2D eigenvalue weighted by molar-refractivity contribution is 0.0810. The summed E-state index contributed by atoms with van der Waals surface area (Å²) >= 11 is 0. The van der Waals surface area contributed by atoms with E-state index in [1.54, 1.807) is 23.0 Å². The van der Waals surface area contributed by atoms with Crippen molar-refractivity contribution in [3.63, 3.8) is 0 Å². The van der Waals surface area contributed by atoms with Crippen molar-refractivity contribution >= 4 is 34.7 Å². The Bertz CT molecular complexity index is 1240. The average molecular weight is 413 g/mol. The van der Waals surface area contributed by atoms with Gasteiger partial charge in [0.15, 0.2) is 0 Å². The molecule has 0 atom stereocenters. The Hall–Kier alpha value is -3.87. The van der Waals surface area contributed by atoms with Crippen LogP contribution in [0.4, 0.5) is 22.9 Å². The van der Waals surface area contributed by atoms with Gasteiger partial charge in [0.25, 0.3) is 11.8 Å². The van der Waals surface area contributed by atoms with Crippen LogP contribution in [0.1, 0.15) is 37.4 Å². The molecule has 7 nitrogen and oxygen atoms in total. The van der Waals surface area contributed by atoms with E-state index in [2.05, 4.69) is 15.6 Å². The van der Waals surface area contributed by atoms with E-state index in [1.165, 1.54) is 0 Å². The van der Waals surface area contributed by atoms with Crippen LogP contribution >= 0.6 is 0 Å². The minimum Gasteiger partial charge on any atom is -0.354 e. The number of amides is 2. The fourth-order valence-corrected chi connectivity index (χ4v) is 4.22. The first-order valence-corrected chi connectivity index (χ1v) is 10.2. The van der Waals surface area contributed by atoms with Crippen LogP contribution in [0.2, 0.25) is 0 Å². The Morgan fingerprint density at radius 1 is 0.806 bits per heavy atom. The van der Waals surface area contributed by atoms with Gasteiger partial charge in [-0.1, -0.05) is 24.3 Å². The second-order valence-corrected chi connectivity index (χ2v) is 8.14. The number of aromatic nitrogens is 1. The monoisotopic (exact) mass is 413 g/mol. The van der Waals surface area contributed by atoms with Gasteiger partial charge < -0.3 is 20.4 Å². The zero-order chi connectivity index (χ0) is 21.7. The molecule has 0 saturated carbocycles. The zero-order valence-electron chi connectivity index (χ0n) is 17.7. The molecule has 3 heterocycles. The standard InChI is InChI=1S/C24H23N5O2/c1-14-11-25-20(27-18-9-5-7-16-13-29(3)24(31)22(16)18)10-19(14)26-17-8-4-6-15-12-28(2)23(30)21(15)17/h4-11H,12-13H2,1-3H3,(H2,25,26,27). The van der Waals surface area contributed by atoms with Crippen molar-refractivity contribution in [1.82, 2.24) is 14.8 Å². The second kappa shape index (κ2) is 7.12. The Morgan fingerprint density at radius 3 is 1.94 bits per heavy atom. The number of hydrogen-bond donors (Lipinski definition) is 2. The van der Waals surface area contributed by atoms with E-state index in [9.17, 15) is 9.59 Å². The predicted octanol–water partition coefficient (Wildman–Crippen LogP) is 4.05. The number of aryl methyl sites for hydroxylation is 1. The number of benzene rings is 2. The number of fused-ring (bicyclic) bond motifs is 2. The summed E-state index contributed by atoms with van der Waals surface area (Å²) in [6, 6.07) is 13.6. The fraction of sp³-hybridized carbons (Fsp3) is 0.208. The Labute approximate surface area is 180 Å². The molecule has 31 heavy (non-hydrogen) atoms. The molecule has 1 aromatic heterocycles. The molecule has 0 fully saturated rings. The smallest absolute Gasteiger partial charge is 0.256 e. The first-order valence-electron chi connectivity index (χ1n) is 10.2. The average Bonchev–Trinajstić information content (AvgIpc) is 3.21. The molecule has 0 aliphatic carbocycles. The van der Waals surface area contributed by atoms with Gasteiger partial charge in [-0.15, -0.1) is 0 Å². The van der Waals surface area contributed by atoms with Gasteiger partial charge in [-0.2, -0.15) is 0 Å². The molecule has 2 aromatic carbocycles. The lowest BCUT2D eigenvalue weighted by atomic mass is 10.1. The topological polar surface area (TPSA) is 77.6 Å². The highest BCUT2D eigenvalue weighted by atomic mass is 16.2. The number of carbonyl (C=O) groups is 2. The largest absolute Gasteiger partial charge is 0.354 e. The molecule has 0 bridgehead atoms.